The van der Waals surface area contributed by atoms with Gasteiger partial charge < -0.3 is 28.8 Å². The van der Waals surface area contributed by atoms with Crippen LogP contribution in [-0.4, -0.2) is 93.3 Å². The van der Waals surface area contributed by atoms with Crippen molar-refractivity contribution < 1.29 is 68.3 Å². The average molecular weight is 785 g/mol. The van der Waals surface area contributed by atoms with Gasteiger partial charge in [-0.15, -0.1) is 40.5 Å². The van der Waals surface area contributed by atoms with E-state index in [0.29, 0.717) is 33.4 Å². The normalized spacial score (nSPS) is 24.1. The molecule has 0 aromatic heterocycles. The topological polar surface area (TPSA) is 296 Å². The van der Waals surface area contributed by atoms with Gasteiger partial charge in [0.2, 0.25) is 0 Å². The van der Waals surface area contributed by atoms with E-state index in [9.17, 15) is 59.6 Å². The number of Topliss-reactive ketones (excluding diaryl/α,β-unsaturated/α-hetero) is 4. The number of hydrogen-bond acceptors (Lipinski definition) is 18. The molecule has 0 spiro atoms. The number of hydrogen-bond donors (Lipinski definition) is 0. The molecule has 2 saturated heterocycles. The lowest BCUT2D eigenvalue weighted by atomic mass is 9.82. The highest BCUT2D eigenvalue weighted by Gasteiger charge is 2.44. The van der Waals surface area contributed by atoms with Crippen LogP contribution < -0.4 is 0 Å². The molecule has 2 aromatic carbocycles. The highest BCUT2D eigenvalue weighted by molar-refractivity contribution is 6.27. The molecular weight excluding hydrogens is 752 g/mol. The Morgan fingerprint density at radius 2 is 0.839 bits per heavy atom. The first-order valence-electron chi connectivity index (χ1n) is 16.8. The molecule has 6 rings (SSSR count). The van der Waals surface area contributed by atoms with E-state index in [1.807, 2.05) is 0 Å². The second-order valence-electron chi connectivity index (χ2n) is 12.8. The van der Waals surface area contributed by atoms with Crippen molar-refractivity contribution in [3.8, 4) is 0 Å². The molecule has 296 valence electrons. The van der Waals surface area contributed by atoms with E-state index in [-0.39, 0.29) is 73.2 Å². The fourth-order valence-corrected chi connectivity index (χ4v) is 6.94. The van der Waals surface area contributed by atoms with Crippen LogP contribution in [0.3, 0.4) is 0 Å². The van der Waals surface area contributed by atoms with Gasteiger partial charge in [0.15, 0.2) is 47.5 Å². The lowest BCUT2D eigenvalue weighted by Gasteiger charge is -2.22. The molecular formula is C34H32N4O18. The van der Waals surface area contributed by atoms with Crippen LogP contribution in [0.2, 0.25) is 0 Å². The van der Waals surface area contributed by atoms with Crippen LogP contribution in [0.4, 0.5) is 0 Å². The molecule has 2 aliphatic heterocycles. The van der Waals surface area contributed by atoms with E-state index in [0.717, 1.165) is 0 Å². The summed E-state index contributed by atoms with van der Waals surface area (Å²) >= 11 is 0. The number of carbonyl (C=O) groups is 4. The Balaban J connectivity index is 0.000000214. The summed E-state index contributed by atoms with van der Waals surface area (Å²) in [5.41, 5.74) is 2.43. The van der Waals surface area contributed by atoms with Crippen molar-refractivity contribution in [3.05, 3.63) is 134 Å². The number of carbonyl (C=O) groups excluding carboxylic acids is 4. The maximum Gasteiger partial charge on any atom is 0.294 e. The largest absolute Gasteiger partial charge is 0.373 e. The second-order valence-corrected chi connectivity index (χ2v) is 12.8. The molecule has 2 aromatic rings. The Hall–Kier alpha value is -6.68. The lowest BCUT2D eigenvalue weighted by molar-refractivity contribution is -0.797. The Morgan fingerprint density at radius 1 is 0.536 bits per heavy atom. The number of ketones is 4. The van der Waals surface area contributed by atoms with Crippen LogP contribution in [-0.2, 0) is 28.8 Å². The fraction of sp³-hybridized carbons (Fsp3) is 0.412. The zero-order valence-corrected chi connectivity index (χ0v) is 29.5. The Bertz CT molecular complexity index is 1900. The van der Waals surface area contributed by atoms with Crippen molar-refractivity contribution in [1.82, 2.24) is 0 Å². The number of allylic oxidation sites excluding steroid dienone is 4. The predicted octanol–water partition coefficient (Wildman–Crippen LogP) is 3.43. The number of rotatable bonds is 14. The molecule has 2 heterocycles. The average Bonchev–Trinajstić information content (AvgIpc) is 3.70. The molecule has 6 atom stereocenters. The molecule has 22 heteroatoms. The van der Waals surface area contributed by atoms with Crippen molar-refractivity contribution in [3.63, 3.8) is 0 Å². The summed E-state index contributed by atoms with van der Waals surface area (Å²) in [6.45, 7) is 2.56. The monoisotopic (exact) mass is 784 g/mol. The molecule has 0 N–H and O–H groups in total. The van der Waals surface area contributed by atoms with Crippen LogP contribution in [0.15, 0.2) is 70.8 Å². The summed E-state index contributed by atoms with van der Waals surface area (Å²) in [5, 5.41) is 38.3. The molecule has 56 heavy (non-hydrogen) atoms. The minimum atomic E-state index is -1.32. The molecule has 0 amide bonds. The molecule has 2 fully saturated rings. The van der Waals surface area contributed by atoms with Crippen molar-refractivity contribution in [2.45, 2.75) is 76.2 Å². The van der Waals surface area contributed by atoms with Crippen LogP contribution in [0, 0.1) is 40.5 Å². The van der Waals surface area contributed by atoms with Crippen molar-refractivity contribution >= 4 is 23.1 Å². The zero-order chi connectivity index (χ0) is 40.8. The molecule has 2 unspecified atom stereocenters. The van der Waals surface area contributed by atoms with Gasteiger partial charge in [-0.1, -0.05) is 48.5 Å². The van der Waals surface area contributed by atoms with Gasteiger partial charge in [-0.05, 0) is 39.5 Å². The van der Waals surface area contributed by atoms with Crippen molar-refractivity contribution in [1.29, 1.82) is 0 Å². The Labute approximate surface area is 314 Å². The summed E-state index contributed by atoms with van der Waals surface area (Å²) in [6, 6.07) is 12.9. The summed E-state index contributed by atoms with van der Waals surface area (Å²) < 4.78 is 10.7. The minimum Gasteiger partial charge on any atom is -0.373 e. The molecule has 22 nitrogen and oxygen atoms in total. The van der Waals surface area contributed by atoms with Gasteiger partial charge in [0, 0.05) is 44.5 Å². The summed E-state index contributed by atoms with van der Waals surface area (Å²) in [4.78, 5) is 111. The summed E-state index contributed by atoms with van der Waals surface area (Å²) in [6.07, 6.45) is -6.60. The Kier molecular flexibility index (Phi) is 12.4. The van der Waals surface area contributed by atoms with E-state index in [1.54, 1.807) is 62.4 Å². The van der Waals surface area contributed by atoms with Crippen LogP contribution in [0.1, 0.15) is 81.0 Å². The van der Waals surface area contributed by atoms with E-state index in [4.69, 9.17) is 9.47 Å². The van der Waals surface area contributed by atoms with Gasteiger partial charge in [0.1, 0.15) is 0 Å². The third kappa shape index (κ3) is 8.81. The first-order valence-corrected chi connectivity index (χ1v) is 16.8. The van der Waals surface area contributed by atoms with Crippen LogP contribution in [0.25, 0.3) is 0 Å². The fourth-order valence-electron chi connectivity index (χ4n) is 6.94. The van der Waals surface area contributed by atoms with E-state index in [1.165, 1.54) is 0 Å². The van der Waals surface area contributed by atoms with Gasteiger partial charge in [0.05, 0.1) is 25.4 Å². The second kappa shape index (κ2) is 17.2. The Morgan fingerprint density at radius 3 is 1.14 bits per heavy atom. The van der Waals surface area contributed by atoms with E-state index < -0.39 is 57.0 Å². The molecule has 0 bridgehead atoms. The third-order valence-corrected chi connectivity index (χ3v) is 9.60. The van der Waals surface area contributed by atoms with Gasteiger partial charge in [-0.25, -0.2) is 0 Å². The first-order chi connectivity index (χ1) is 26.6. The van der Waals surface area contributed by atoms with Gasteiger partial charge in [-0.2, -0.15) is 0 Å². The van der Waals surface area contributed by atoms with Crippen molar-refractivity contribution in [2.75, 3.05) is 13.2 Å². The number of benzene rings is 2. The van der Waals surface area contributed by atoms with Crippen LogP contribution in [0.5, 0.6) is 0 Å². The predicted molar refractivity (Wildman–Crippen MR) is 181 cm³/mol. The highest BCUT2D eigenvalue weighted by Crippen LogP contribution is 2.33. The molecule has 0 radical (unpaired) electrons. The summed E-state index contributed by atoms with van der Waals surface area (Å²) in [7, 11) is 0. The number of nitrogens with zero attached hydrogens (tertiary/aromatic N) is 4. The standard InChI is InChI=1S/2C17H16N2O9/c2*1-9-10(16(21)12-5-3-2-4-11(12)15(9)20)6-7-13-17(28-19(24)25)14(8-26-13)27-18(22)23/h2*2-5,13-14,17H,6-8H2,1H3/t2*13?,14-,17+/m10/s1. The maximum atomic E-state index is 12.7. The van der Waals surface area contributed by atoms with Gasteiger partial charge >= 0.3 is 0 Å². The SMILES string of the molecule is CC1=C(CCC2OC[C@@H](O[N+](=O)[O-])[C@H]2O[N+](=O)[O-])C(=O)c2ccccc2C1=O.CC1=C(CCC2OC[C@H](O[N+](=O)[O-])[C@@H]2O[N+](=O)[O-])C(=O)c2ccccc2C1=O. The van der Waals surface area contributed by atoms with Crippen molar-refractivity contribution in [2.24, 2.45) is 0 Å². The van der Waals surface area contributed by atoms with Gasteiger partial charge in [-0.3, -0.25) is 19.2 Å². The van der Waals surface area contributed by atoms with Gasteiger partial charge in [0.25, 0.3) is 20.3 Å². The molecule has 4 aliphatic rings. The summed E-state index contributed by atoms with van der Waals surface area (Å²) in [5.74, 6) is -1.11. The first kappa shape index (κ1) is 40.5. The highest BCUT2D eigenvalue weighted by atomic mass is 17.0. The maximum absolute atomic E-state index is 12.7. The van der Waals surface area contributed by atoms with E-state index >= 15 is 0 Å². The molecule has 2 aliphatic carbocycles. The minimum absolute atomic E-state index is 0.0872. The van der Waals surface area contributed by atoms with Crippen LogP contribution >= 0.6 is 0 Å². The third-order valence-electron chi connectivity index (χ3n) is 9.60. The number of fused-ring (bicyclic) bond motifs is 2. The van der Waals surface area contributed by atoms with E-state index in [2.05, 4.69) is 19.4 Å². The number of ether oxygens (including phenoxy) is 2. The quantitative estimate of drug-likeness (QED) is 0.196. The lowest BCUT2D eigenvalue weighted by Crippen LogP contribution is -2.38. The zero-order valence-electron chi connectivity index (χ0n) is 29.5. The molecule has 0 saturated carbocycles. The smallest absolute Gasteiger partial charge is 0.294 e.